The van der Waals surface area contributed by atoms with Gasteiger partial charge in [-0.2, -0.15) is 0 Å². The van der Waals surface area contributed by atoms with Crippen molar-refractivity contribution in [2.75, 3.05) is 7.11 Å². The molecule has 24 heavy (non-hydrogen) atoms. The number of halogens is 1. The van der Waals surface area contributed by atoms with E-state index in [1.165, 1.54) is 6.07 Å². The lowest BCUT2D eigenvalue weighted by molar-refractivity contribution is -0.120. The van der Waals surface area contributed by atoms with Gasteiger partial charge in [-0.15, -0.1) is 0 Å². The Morgan fingerprint density at radius 3 is 2.79 bits per heavy atom. The fourth-order valence-corrected chi connectivity index (χ4v) is 2.77. The SMILES string of the molecule is COc1ccc2[nH]c(C)c(CC(=O)NCc3ccccc3F)c2c1. The van der Waals surface area contributed by atoms with Crippen LogP contribution >= 0.6 is 0 Å². The topological polar surface area (TPSA) is 54.1 Å². The molecule has 0 fully saturated rings. The number of methoxy groups -OCH3 is 1. The fourth-order valence-electron chi connectivity index (χ4n) is 2.77. The molecule has 0 aliphatic rings. The second-order valence-corrected chi connectivity index (χ2v) is 5.68. The lowest BCUT2D eigenvalue weighted by atomic mass is 10.1. The van der Waals surface area contributed by atoms with Gasteiger partial charge in [0.05, 0.1) is 13.5 Å². The summed E-state index contributed by atoms with van der Waals surface area (Å²) in [5.41, 5.74) is 3.31. The van der Waals surface area contributed by atoms with Crippen molar-refractivity contribution in [3.63, 3.8) is 0 Å². The molecule has 5 heteroatoms. The minimum absolute atomic E-state index is 0.148. The average molecular weight is 326 g/mol. The zero-order valence-electron chi connectivity index (χ0n) is 13.7. The maximum atomic E-state index is 13.6. The van der Waals surface area contributed by atoms with Gasteiger partial charge in [0, 0.05) is 28.7 Å². The predicted octanol–water partition coefficient (Wildman–Crippen LogP) is 3.48. The minimum Gasteiger partial charge on any atom is -0.497 e. The molecule has 0 saturated carbocycles. The molecule has 0 unspecified atom stereocenters. The molecule has 3 aromatic rings. The molecule has 0 aliphatic heterocycles. The second-order valence-electron chi connectivity index (χ2n) is 5.68. The molecule has 1 heterocycles. The van der Waals surface area contributed by atoms with E-state index in [4.69, 9.17) is 4.74 Å². The van der Waals surface area contributed by atoms with Crippen LogP contribution in [0.5, 0.6) is 5.75 Å². The first kappa shape index (κ1) is 16.1. The molecule has 0 radical (unpaired) electrons. The van der Waals surface area contributed by atoms with Gasteiger partial charge in [-0.3, -0.25) is 4.79 Å². The van der Waals surface area contributed by atoms with E-state index in [1.54, 1.807) is 25.3 Å². The number of H-pyrrole nitrogens is 1. The summed E-state index contributed by atoms with van der Waals surface area (Å²) in [4.78, 5) is 15.5. The highest BCUT2D eigenvalue weighted by molar-refractivity contribution is 5.91. The highest BCUT2D eigenvalue weighted by atomic mass is 19.1. The number of benzene rings is 2. The van der Waals surface area contributed by atoms with Gasteiger partial charge in [0.2, 0.25) is 5.91 Å². The lowest BCUT2D eigenvalue weighted by Crippen LogP contribution is -2.25. The van der Waals surface area contributed by atoms with Gasteiger partial charge in [0.25, 0.3) is 0 Å². The third-order valence-corrected chi connectivity index (χ3v) is 4.10. The molecule has 0 atom stereocenters. The number of ether oxygens (including phenoxy) is 1. The van der Waals surface area contributed by atoms with Gasteiger partial charge < -0.3 is 15.0 Å². The number of aromatic amines is 1. The maximum absolute atomic E-state index is 13.6. The summed E-state index contributed by atoms with van der Waals surface area (Å²) in [6.07, 6.45) is 0.230. The molecule has 124 valence electrons. The quantitative estimate of drug-likeness (QED) is 0.754. The smallest absolute Gasteiger partial charge is 0.224 e. The van der Waals surface area contributed by atoms with Crippen LogP contribution in [0.15, 0.2) is 42.5 Å². The van der Waals surface area contributed by atoms with Crippen LogP contribution in [0.25, 0.3) is 10.9 Å². The zero-order valence-corrected chi connectivity index (χ0v) is 13.7. The molecular formula is C19H19FN2O2. The molecule has 0 bridgehead atoms. The third-order valence-electron chi connectivity index (χ3n) is 4.10. The first-order chi connectivity index (χ1) is 11.6. The van der Waals surface area contributed by atoms with E-state index >= 15 is 0 Å². The van der Waals surface area contributed by atoms with Crippen LogP contribution < -0.4 is 10.1 Å². The highest BCUT2D eigenvalue weighted by Crippen LogP contribution is 2.26. The molecule has 0 saturated heterocycles. The fraction of sp³-hybridized carbons (Fsp3) is 0.211. The zero-order chi connectivity index (χ0) is 17.1. The largest absolute Gasteiger partial charge is 0.497 e. The van der Waals surface area contributed by atoms with Gasteiger partial charge in [-0.1, -0.05) is 18.2 Å². The number of hydrogen-bond donors (Lipinski definition) is 2. The minimum atomic E-state index is -0.314. The van der Waals surface area contributed by atoms with Gasteiger partial charge in [0.15, 0.2) is 0 Å². The van der Waals surface area contributed by atoms with Crippen LogP contribution in [0.2, 0.25) is 0 Å². The molecule has 1 aromatic heterocycles. The van der Waals surface area contributed by atoms with Gasteiger partial charge in [-0.25, -0.2) is 4.39 Å². The van der Waals surface area contributed by atoms with Crippen molar-refractivity contribution in [2.24, 2.45) is 0 Å². The van der Waals surface area contributed by atoms with E-state index in [0.29, 0.717) is 5.56 Å². The number of aryl methyl sites for hydroxylation is 1. The number of hydrogen-bond acceptors (Lipinski definition) is 2. The third kappa shape index (κ3) is 3.25. The maximum Gasteiger partial charge on any atom is 0.224 e. The van der Waals surface area contributed by atoms with E-state index in [2.05, 4.69) is 10.3 Å². The van der Waals surface area contributed by atoms with Crippen molar-refractivity contribution in [3.05, 3.63) is 65.1 Å². The Morgan fingerprint density at radius 1 is 1.25 bits per heavy atom. The highest BCUT2D eigenvalue weighted by Gasteiger charge is 2.13. The molecule has 3 rings (SSSR count). The molecule has 0 aliphatic carbocycles. The molecular weight excluding hydrogens is 307 g/mol. The van der Waals surface area contributed by atoms with Crippen LogP contribution in [0.1, 0.15) is 16.8 Å². The molecule has 2 N–H and O–H groups in total. The predicted molar refractivity (Wildman–Crippen MR) is 91.5 cm³/mol. The van der Waals surface area contributed by atoms with Crippen molar-refractivity contribution in [1.29, 1.82) is 0 Å². The van der Waals surface area contributed by atoms with E-state index in [0.717, 1.165) is 27.9 Å². The first-order valence-electron chi connectivity index (χ1n) is 7.74. The van der Waals surface area contributed by atoms with Gasteiger partial charge >= 0.3 is 0 Å². The summed E-state index contributed by atoms with van der Waals surface area (Å²) < 4.78 is 18.9. The summed E-state index contributed by atoms with van der Waals surface area (Å²) in [6.45, 7) is 2.11. The van der Waals surface area contributed by atoms with Crippen LogP contribution in [-0.2, 0) is 17.8 Å². The lowest BCUT2D eigenvalue weighted by Gasteiger charge is -2.07. The Morgan fingerprint density at radius 2 is 2.04 bits per heavy atom. The normalized spacial score (nSPS) is 10.8. The van der Waals surface area contributed by atoms with E-state index in [-0.39, 0.29) is 24.7 Å². The first-order valence-corrected chi connectivity index (χ1v) is 7.74. The number of rotatable bonds is 5. The van der Waals surface area contributed by atoms with E-state index in [9.17, 15) is 9.18 Å². The van der Waals surface area contributed by atoms with Gasteiger partial charge in [-0.05, 0) is 36.8 Å². The molecule has 4 nitrogen and oxygen atoms in total. The van der Waals surface area contributed by atoms with Crippen LogP contribution in [0, 0.1) is 12.7 Å². The summed E-state index contributed by atoms with van der Waals surface area (Å²) in [5.74, 6) is 0.283. The second kappa shape index (κ2) is 6.74. The summed E-state index contributed by atoms with van der Waals surface area (Å²) in [7, 11) is 1.61. The Bertz CT molecular complexity index is 886. The summed E-state index contributed by atoms with van der Waals surface area (Å²) in [5, 5.41) is 3.74. The van der Waals surface area contributed by atoms with E-state index < -0.39 is 0 Å². The number of carbonyl (C=O) groups excluding carboxylic acids is 1. The van der Waals surface area contributed by atoms with Crippen molar-refractivity contribution >= 4 is 16.8 Å². The van der Waals surface area contributed by atoms with Crippen molar-refractivity contribution < 1.29 is 13.9 Å². The van der Waals surface area contributed by atoms with Crippen LogP contribution in [0.4, 0.5) is 4.39 Å². The molecule has 2 aromatic carbocycles. The molecule has 1 amide bonds. The van der Waals surface area contributed by atoms with Crippen molar-refractivity contribution in [2.45, 2.75) is 19.9 Å². The number of carbonyl (C=O) groups is 1. The average Bonchev–Trinajstić information content (AvgIpc) is 2.89. The Kier molecular flexibility index (Phi) is 4.51. The van der Waals surface area contributed by atoms with E-state index in [1.807, 2.05) is 25.1 Å². The number of aromatic nitrogens is 1. The summed E-state index contributed by atoms with van der Waals surface area (Å²) in [6, 6.07) is 12.2. The van der Waals surface area contributed by atoms with Crippen LogP contribution in [-0.4, -0.2) is 18.0 Å². The number of fused-ring (bicyclic) bond motifs is 1. The Hall–Kier alpha value is -2.82. The van der Waals surface area contributed by atoms with Crippen molar-refractivity contribution in [3.8, 4) is 5.75 Å². The van der Waals surface area contributed by atoms with Gasteiger partial charge in [0.1, 0.15) is 11.6 Å². The monoisotopic (exact) mass is 326 g/mol. The number of amides is 1. The Labute approximate surface area is 139 Å². The molecule has 0 spiro atoms. The Balaban J connectivity index is 1.75. The summed E-state index contributed by atoms with van der Waals surface area (Å²) >= 11 is 0. The van der Waals surface area contributed by atoms with Crippen molar-refractivity contribution in [1.82, 2.24) is 10.3 Å². The number of nitrogens with one attached hydrogen (secondary N) is 2. The standard InChI is InChI=1S/C19H19FN2O2/c1-12-15(16-9-14(24-2)7-8-18(16)22-12)10-19(23)21-11-13-5-3-4-6-17(13)20/h3-9,22H,10-11H2,1-2H3,(H,21,23). The van der Waals surface area contributed by atoms with Crippen LogP contribution in [0.3, 0.4) is 0 Å².